The van der Waals surface area contributed by atoms with Crippen molar-refractivity contribution < 1.29 is 4.74 Å². The summed E-state index contributed by atoms with van der Waals surface area (Å²) in [6.07, 6.45) is 7.22. The first-order valence-corrected chi connectivity index (χ1v) is 5.29. The molecule has 0 saturated carbocycles. The standard InChI is InChI=1S/C10H19NO/c1-2-8-12-10(3-1)9-4-6-11-7-5-9/h9-11H,1-8H2/t10-/m0/s1. The van der Waals surface area contributed by atoms with Crippen molar-refractivity contribution in [2.45, 2.75) is 38.2 Å². The van der Waals surface area contributed by atoms with Crippen LogP contribution in [0.3, 0.4) is 0 Å². The SMILES string of the molecule is C1CC[C@@H](C2CCNCC2)OC1. The van der Waals surface area contributed by atoms with Crippen LogP contribution in [0.4, 0.5) is 0 Å². The molecule has 12 heavy (non-hydrogen) atoms. The number of ether oxygens (including phenoxy) is 1. The molecule has 0 aromatic carbocycles. The number of nitrogens with one attached hydrogen (secondary N) is 1. The summed E-state index contributed by atoms with van der Waals surface area (Å²) in [4.78, 5) is 0. The van der Waals surface area contributed by atoms with Crippen molar-refractivity contribution in [2.75, 3.05) is 19.7 Å². The molecule has 2 heterocycles. The Morgan fingerprint density at radius 3 is 2.50 bits per heavy atom. The van der Waals surface area contributed by atoms with Crippen molar-refractivity contribution in [1.82, 2.24) is 5.32 Å². The Balaban J connectivity index is 1.80. The van der Waals surface area contributed by atoms with Gasteiger partial charge in [0.15, 0.2) is 0 Å². The monoisotopic (exact) mass is 169 g/mol. The Labute approximate surface area is 74.7 Å². The summed E-state index contributed by atoms with van der Waals surface area (Å²) < 4.78 is 5.79. The van der Waals surface area contributed by atoms with Gasteiger partial charge in [-0.25, -0.2) is 0 Å². The molecule has 2 nitrogen and oxygen atoms in total. The Bertz CT molecular complexity index is 110. The third-order valence-electron chi connectivity index (χ3n) is 3.12. The van der Waals surface area contributed by atoms with Crippen molar-refractivity contribution >= 4 is 0 Å². The highest BCUT2D eigenvalue weighted by Gasteiger charge is 2.25. The number of piperidine rings is 1. The van der Waals surface area contributed by atoms with Crippen LogP contribution >= 0.6 is 0 Å². The smallest absolute Gasteiger partial charge is 0.0604 e. The minimum atomic E-state index is 0.598. The van der Waals surface area contributed by atoms with Crippen LogP contribution in [0.2, 0.25) is 0 Å². The van der Waals surface area contributed by atoms with Gasteiger partial charge < -0.3 is 10.1 Å². The van der Waals surface area contributed by atoms with E-state index in [0.29, 0.717) is 6.10 Å². The first kappa shape index (κ1) is 8.52. The second-order valence-electron chi connectivity index (χ2n) is 3.99. The van der Waals surface area contributed by atoms with Crippen LogP contribution in [-0.4, -0.2) is 25.8 Å². The molecule has 2 saturated heterocycles. The van der Waals surface area contributed by atoms with E-state index in [4.69, 9.17) is 4.74 Å². The Hall–Kier alpha value is -0.0800. The van der Waals surface area contributed by atoms with Gasteiger partial charge in [0.05, 0.1) is 6.10 Å². The largest absolute Gasteiger partial charge is 0.378 e. The average Bonchev–Trinajstić information content (AvgIpc) is 2.21. The van der Waals surface area contributed by atoms with Gasteiger partial charge in [0.25, 0.3) is 0 Å². The third-order valence-corrected chi connectivity index (χ3v) is 3.12. The molecule has 0 aromatic rings. The molecular weight excluding hydrogens is 150 g/mol. The van der Waals surface area contributed by atoms with Crippen molar-refractivity contribution in [3.63, 3.8) is 0 Å². The highest BCUT2D eigenvalue weighted by molar-refractivity contribution is 4.77. The zero-order chi connectivity index (χ0) is 8.23. The van der Waals surface area contributed by atoms with Crippen LogP contribution in [0.5, 0.6) is 0 Å². The zero-order valence-corrected chi connectivity index (χ0v) is 7.72. The lowest BCUT2D eigenvalue weighted by molar-refractivity contribution is -0.0285. The van der Waals surface area contributed by atoms with E-state index in [1.165, 1.54) is 45.2 Å². The minimum Gasteiger partial charge on any atom is -0.378 e. The summed E-state index contributed by atoms with van der Waals surface area (Å²) >= 11 is 0. The van der Waals surface area contributed by atoms with Crippen LogP contribution < -0.4 is 5.32 Å². The van der Waals surface area contributed by atoms with Gasteiger partial charge >= 0.3 is 0 Å². The van der Waals surface area contributed by atoms with E-state index in [1.807, 2.05) is 0 Å². The topological polar surface area (TPSA) is 21.3 Å². The lowest BCUT2D eigenvalue weighted by Crippen LogP contribution is -2.36. The summed E-state index contributed by atoms with van der Waals surface area (Å²) in [5.74, 6) is 0.853. The molecule has 0 spiro atoms. The predicted molar refractivity (Wildman–Crippen MR) is 49.2 cm³/mol. The van der Waals surface area contributed by atoms with Gasteiger partial charge in [0.2, 0.25) is 0 Å². The fourth-order valence-corrected chi connectivity index (χ4v) is 2.35. The molecule has 70 valence electrons. The Morgan fingerprint density at radius 2 is 1.83 bits per heavy atom. The van der Waals surface area contributed by atoms with Gasteiger partial charge in [-0.2, -0.15) is 0 Å². The van der Waals surface area contributed by atoms with E-state index >= 15 is 0 Å². The molecule has 0 amide bonds. The third kappa shape index (κ3) is 1.99. The van der Waals surface area contributed by atoms with Gasteiger partial charge in [-0.3, -0.25) is 0 Å². The molecule has 1 atom stereocenters. The van der Waals surface area contributed by atoms with Crippen molar-refractivity contribution in [1.29, 1.82) is 0 Å². The second kappa shape index (κ2) is 4.24. The molecular formula is C10H19NO. The van der Waals surface area contributed by atoms with Gasteiger partial charge in [-0.1, -0.05) is 0 Å². The number of hydrogen-bond donors (Lipinski definition) is 1. The van der Waals surface area contributed by atoms with Gasteiger partial charge in [0, 0.05) is 6.61 Å². The molecule has 0 radical (unpaired) electrons. The zero-order valence-electron chi connectivity index (χ0n) is 7.72. The Morgan fingerprint density at radius 1 is 1.00 bits per heavy atom. The maximum atomic E-state index is 5.79. The molecule has 2 heteroatoms. The van der Waals surface area contributed by atoms with Crippen LogP contribution in [-0.2, 0) is 4.74 Å². The second-order valence-corrected chi connectivity index (χ2v) is 3.99. The summed E-state index contributed by atoms with van der Waals surface area (Å²) in [5.41, 5.74) is 0. The minimum absolute atomic E-state index is 0.598. The molecule has 2 rings (SSSR count). The van der Waals surface area contributed by atoms with E-state index in [1.54, 1.807) is 0 Å². The van der Waals surface area contributed by atoms with Gasteiger partial charge in [-0.05, 0) is 51.1 Å². The van der Waals surface area contributed by atoms with Gasteiger partial charge in [-0.15, -0.1) is 0 Å². The van der Waals surface area contributed by atoms with E-state index in [0.717, 1.165) is 12.5 Å². The highest BCUT2D eigenvalue weighted by Crippen LogP contribution is 2.25. The van der Waals surface area contributed by atoms with E-state index in [-0.39, 0.29) is 0 Å². The highest BCUT2D eigenvalue weighted by atomic mass is 16.5. The first-order chi connectivity index (χ1) is 5.97. The summed E-state index contributed by atoms with van der Waals surface area (Å²) in [7, 11) is 0. The summed E-state index contributed by atoms with van der Waals surface area (Å²) in [6.45, 7) is 3.41. The van der Waals surface area contributed by atoms with Crippen molar-refractivity contribution in [2.24, 2.45) is 5.92 Å². The maximum absolute atomic E-state index is 5.79. The average molecular weight is 169 g/mol. The van der Waals surface area contributed by atoms with Crippen molar-refractivity contribution in [3.8, 4) is 0 Å². The van der Waals surface area contributed by atoms with Gasteiger partial charge in [0.1, 0.15) is 0 Å². The predicted octanol–water partition coefficient (Wildman–Crippen LogP) is 1.56. The lowest BCUT2D eigenvalue weighted by atomic mass is 9.88. The molecule has 0 unspecified atom stereocenters. The van der Waals surface area contributed by atoms with Crippen LogP contribution in [0.25, 0.3) is 0 Å². The normalized spacial score (nSPS) is 33.5. The molecule has 0 aromatic heterocycles. The van der Waals surface area contributed by atoms with E-state index < -0.39 is 0 Å². The molecule has 2 aliphatic heterocycles. The quantitative estimate of drug-likeness (QED) is 0.643. The molecule has 0 bridgehead atoms. The number of hydrogen-bond acceptors (Lipinski definition) is 2. The molecule has 2 aliphatic rings. The van der Waals surface area contributed by atoms with Crippen LogP contribution in [0, 0.1) is 5.92 Å². The first-order valence-electron chi connectivity index (χ1n) is 5.29. The van der Waals surface area contributed by atoms with Crippen LogP contribution in [0.15, 0.2) is 0 Å². The summed E-state index contributed by atoms with van der Waals surface area (Å²) in [5, 5.41) is 3.40. The molecule has 1 N–H and O–H groups in total. The Kier molecular flexibility index (Phi) is 3.01. The van der Waals surface area contributed by atoms with Crippen LogP contribution in [0.1, 0.15) is 32.1 Å². The molecule has 0 aliphatic carbocycles. The van der Waals surface area contributed by atoms with E-state index in [2.05, 4.69) is 5.32 Å². The molecule has 2 fully saturated rings. The van der Waals surface area contributed by atoms with Crippen molar-refractivity contribution in [3.05, 3.63) is 0 Å². The lowest BCUT2D eigenvalue weighted by Gasteiger charge is -2.33. The number of rotatable bonds is 1. The summed E-state index contributed by atoms with van der Waals surface area (Å²) in [6, 6.07) is 0. The fraction of sp³-hybridized carbons (Fsp3) is 1.00. The maximum Gasteiger partial charge on any atom is 0.0604 e. The van der Waals surface area contributed by atoms with E-state index in [9.17, 15) is 0 Å². The fourth-order valence-electron chi connectivity index (χ4n) is 2.35.